The van der Waals surface area contributed by atoms with Crippen LogP contribution in [0.5, 0.6) is 0 Å². The Kier molecular flexibility index (Phi) is 5.46. The molecule has 4 heteroatoms. The summed E-state index contributed by atoms with van der Waals surface area (Å²) >= 11 is 0. The monoisotopic (exact) mass is 304 g/mol. The van der Waals surface area contributed by atoms with E-state index in [2.05, 4.69) is 36.5 Å². The molecule has 0 bridgehead atoms. The van der Waals surface area contributed by atoms with E-state index in [1.54, 1.807) is 0 Å². The predicted molar refractivity (Wildman–Crippen MR) is 88.8 cm³/mol. The first-order chi connectivity index (χ1) is 10.3. The van der Waals surface area contributed by atoms with Crippen LogP contribution in [0.4, 0.5) is 4.79 Å². The topological polar surface area (TPSA) is 41.6 Å². The van der Waals surface area contributed by atoms with Crippen molar-refractivity contribution in [3.63, 3.8) is 0 Å². The van der Waals surface area contributed by atoms with Crippen molar-refractivity contribution in [1.82, 2.24) is 10.2 Å². The minimum atomic E-state index is -0.423. The van der Waals surface area contributed by atoms with Gasteiger partial charge in [0.25, 0.3) is 0 Å². The quantitative estimate of drug-likeness (QED) is 0.925. The van der Waals surface area contributed by atoms with Crippen molar-refractivity contribution in [2.24, 2.45) is 0 Å². The van der Waals surface area contributed by atoms with Crippen LogP contribution in [0.1, 0.15) is 52.1 Å². The molecule has 1 aromatic rings. The molecular formula is C18H28N2O2. The third-order valence-corrected chi connectivity index (χ3v) is 3.93. The van der Waals surface area contributed by atoms with Crippen LogP contribution in [0, 0.1) is 0 Å². The van der Waals surface area contributed by atoms with Gasteiger partial charge in [-0.3, -0.25) is 0 Å². The van der Waals surface area contributed by atoms with Crippen LogP contribution >= 0.6 is 0 Å². The van der Waals surface area contributed by atoms with Crippen LogP contribution in [-0.2, 0) is 4.74 Å². The molecule has 1 atom stereocenters. The standard InChI is InChI=1S/C18H28N2O2/c1-14(15-8-6-5-7-9-15)19-16-10-12-20(13-11-16)17(21)22-18(2,3)4/h5-9,14,16,19H,10-13H2,1-4H3/t14-/m0/s1. The van der Waals surface area contributed by atoms with E-state index in [1.807, 2.05) is 31.7 Å². The number of piperidine rings is 1. The molecule has 0 saturated carbocycles. The van der Waals surface area contributed by atoms with Crippen molar-refractivity contribution < 1.29 is 9.53 Å². The number of rotatable bonds is 3. The van der Waals surface area contributed by atoms with Gasteiger partial charge in [0.1, 0.15) is 5.60 Å². The zero-order valence-electron chi connectivity index (χ0n) is 14.1. The fourth-order valence-corrected chi connectivity index (χ4v) is 2.75. The maximum absolute atomic E-state index is 12.0. The summed E-state index contributed by atoms with van der Waals surface area (Å²) < 4.78 is 5.43. The normalized spacial score (nSPS) is 18.1. The predicted octanol–water partition coefficient (Wildman–Crippen LogP) is 3.74. The van der Waals surface area contributed by atoms with Crippen molar-refractivity contribution in [2.45, 2.75) is 58.2 Å². The third kappa shape index (κ3) is 5.02. The molecule has 1 fully saturated rings. The molecule has 0 unspecified atom stereocenters. The summed E-state index contributed by atoms with van der Waals surface area (Å²) in [5.74, 6) is 0. The van der Waals surface area contributed by atoms with Crippen molar-refractivity contribution in [2.75, 3.05) is 13.1 Å². The van der Waals surface area contributed by atoms with E-state index in [0.29, 0.717) is 12.1 Å². The van der Waals surface area contributed by atoms with Crippen LogP contribution in [-0.4, -0.2) is 35.7 Å². The second-order valence-electron chi connectivity index (χ2n) is 7.04. The highest BCUT2D eigenvalue weighted by Gasteiger charge is 2.27. The first-order valence-corrected chi connectivity index (χ1v) is 8.14. The highest BCUT2D eigenvalue weighted by molar-refractivity contribution is 5.68. The average Bonchev–Trinajstić information content (AvgIpc) is 2.47. The van der Waals surface area contributed by atoms with Gasteiger partial charge in [0.05, 0.1) is 0 Å². The molecule has 22 heavy (non-hydrogen) atoms. The van der Waals surface area contributed by atoms with E-state index in [0.717, 1.165) is 25.9 Å². The SMILES string of the molecule is C[C@H](NC1CCN(C(=O)OC(C)(C)C)CC1)c1ccccc1. The van der Waals surface area contributed by atoms with Crippen LogP contribution < -0.4 is 5.32 Å². The van der Waals surface area contributed by atoms with Crippen molar-refractivity contribution in [1.29, 1.82) is 0 Å². The lowest BCUT2D eigenvalue weighted by Gasteiger charge is -2.35. The lowest BCUT2D eigenvalue weighted by atomic mass is 10.0. The Morgan fingerprint density at radius 3 is 2.36 bits per heavy atom. The zero-order valence-corrected chi connectivity index (χ0v) is 14.1. The number of ether oxygens (including phenoxy) is 1. The molecule has 122 valence electrons. The first kappa shape index (κ1) is 16.8. The van der Waals surface area contributed by atoms with Gasteiger partial charge in [-0.2, -0.15) is 0 Å². The van der Waals surface area contributed by atoms with Gasteiger partial charge in [0, 0.05) is 25.2 Å². The van der Waals surface area contributed by atoms with Crippen LogP contribution in [0.15, 0.2) is 30.3 Å². The smallest absolute Gasteiger partial charge is 0.410 e. The number of carbonyl (C=O) groups is 1. The molecule has 1 amide bonds. The lowest BCUT2D eigenvalue weighted by Crippen LogP contribution is -2.46. The number of nitrogens with one attached hydrogen (secondary N) is 1. The molecule has 1 aromatic carbocycles. The summed E-state index contributed by atoms with van der Waals surface area (Å²) in [7, 11) is 0. The Morgan fingerprint density at radius 2 is 1.82 bits per heavy atom. The van der Waals surface area contributed by atoms with Gasteiger partial charge in [-0.1, -0.05) is 30.3 Å². The molecule has 4 nitrogen and oxygen atoms in total. The maximum atomic E-state index is 12.0. The van der Waals surface area contributed by atoms with Gasteiger partial charge in [-0.15, -0.1) is 0 Å². The lowest BCUT2D eigenvalue weighted by molar-refractivity contribution is 0.0196. The molecule has 1 N–H and O–H groups in total. The summed E-state index contributed by atoms with van der Waals surface area (Å²) in [6.07, 6.45) is 1.74. The third-order valence-electron chi connectivity index (χ3n) is 3.93. The van der Waals surface area contributed by atoms with E-state index in [4.69, 9.17) is 4.74 Å². The number of benzene rings is 1. The zero-order chi connectivity index (χ0) is 16.2. The van der Waals surface area contributed by atoms with Gasteiger partial charge in [-0.25, -0.2) is 4.79 Å². The van der Waals surface area contributed by atoms with Gasteiger partial charge in [0.2, 0.25) is 0 Å². The minimum absolute atomic E-state index is 0.193. The number of hydrogen-bond acceptors (Lipinski definition) is 3. The van der Waals surface area contributed by atoms with Gasteiger partial charge < -0.3 is 15.0 Å². The van der Waals surface area contributed by atoms with E-state index in [9.17, 15) is 4.79 Å². The fourth-order valence-electron chi connectivity index (χ4n) is 2.75. The number of hydrogen-bond donors (Lipinski definition) is 1. The van der Waals surface area contributed by atoms with Crippen molar-refractivity contribution in [3.05, 3.63) is 35.9 Å². The van der Waals surface area contributed by atoms with Crippen molar-refractivity contribution >= 4 is 6.09 Å². The van der Waals surface area contributed by atoms with E-state index in [1.165, 1.54) is 5.56 Å². The molecule has 0 aromatic heterocycles. The Bertz CT molecular complexity index is 474. The van der Waals surface area contributed by atoms with Crippen LogP contribution in [0.25, 0.3) is 0 Å². The Labute approximate surface area is 133 Å². The second kappa shape index (κ2) is 7.14. The molecule has 1 heterocycles. The van der Waals surface area contributed by atoms with Gasteiger partial charge in [0.15, 0.2) is 0 Å². The van der Waals surface area contributed by atoms with E-state index in [-0.39, 0.29) is 6.09 Å². The number of likely N-dealkylation sites (tertiary alicyclic amines) is 1. The molecular weight excluding hydrogens is 276 g/mol. The Morgan fingerprint density at radius 1 is 1.23 bits per heavy atom. The van der Waals surface area contributed by atoms with Gasteiger partial charge in [-0.05, 0) is 46.1 Å². The number of amides is 1. The summed E-state index contributed by atoms with van der Waals surface area (Å²) in [5.41, 5.74) is 0.880. The highest BCUT2D eigenvalue weighted by Crippen LogP contribution is 2.19. The molecule has 1 saturated heterocycles. The van der Waals surface area contributed by atoms with E-state index >= 15 is 0 Å². The molecule has 2 rings (SSSR count). The largest absolute Gasteiger partial charge is 0.444 e. The first-order valence-electron chi connectivity index (χ1n) is 8.14. The Balaban J connectivity index is 1.79. The summed E-state index contributed by atoms with van der Waals surface area (Å²) in [4.78, 5) is 13.9. The maximum Gasteiger partial charge on any atom is 0.410 e. The highest BCUT2D eigenvalue weighted by atomic mass is 16.6. The second-order valence-corrected chi connectivity index (χ2v) is 7.04. The summed E-state index contributed by atoms with van der Waals surface area (Å²) in [6.45, 7) is 9.42. The summed E-state index contributed by atoms with van der Waals surface area (Å²) in [5, 5.41) is 3.66. The minimum Gasteiger partial charge on any atom is -0.444 e. The van der Waals surface area contributed by atoms with Gasteiger partial charge >= 0.3 is 6.09 Å². The molecule has 0 spiro atoms. The fraction of sp³-hybridized carbons (Fsp3) is 0.611. The van der Waals surface area contributed by atoms with Crippen LogP contribution in [0.2, 0.25) is 0 Å². The number of nitrogens with zero attached hydrogens (tertiary/aromatic N) is 1. The summed E-state index contributed by atoms with van der Waals surface area (Å²) in [6, 6.07) is 11.3. The molecule has 0 aliphatic carbocycles. The van der Waals surface area contributed by atoms with Crippen molar-refractivity contribution in [3.8, 4) is 0 Å². The van der Waals surface area contributed by atoms with E-state index < -0.39 is 5.60 Å². The Hall–Kier alpha value is -1.55. The van der Waals surface area contributed by atoms with Crippen LogP contribution in [0.3, 0.4) is 0 Å². The molecule has 1 aliphatic heterocycles. The molecule has 1 aliphatic rings. The molecule has 0 radical (unpaired) electrons. The average molecular weight is 304 g/mol. The number of carbonyl (C=O) groups excluding carboxylic acids is 1.